The summed E-state index contributed by atoms with van der Waals surface area (Å²) in [5, 5.41) is 2.87. The number of anilines is 1. The molecule has 110 valence electrons. The lowest BCUT2D eigenvalue weighted by molar-refractivity contribution is -0.123. The topological polar surface area (TPSA) is 49.4 Å². The molecule has 5 heteroatoms. The number of amides is 2. The lowest BCUT2D eigenvalue weighted by Gasteiger charge is -2.23. The summed E-state index contributed by atoms with van der Waals surface area (Å²) in [7, 11) is 0. The molecule has 0 radical (unpaired) electrons. The van der Waals surface area contributed by atoms with E-state index in [2.05, 4.69) is 21.2 Å². The van der Waals surface area contributed by atoms with Gasteiger partial charge in [-0.3, -0.25) is 9.59 Å². The zero-order valence-corrected chi connectivity index (χ0v) is 14.0. The maximum atomic E-state index is 12.0. The van der Waals surface area contributed by atoms with E-state index in [0.29, 0.717) is 5.69 Å². The summed E-state index contributed by atoms with van der Waals surface area (Å²) in [6, 6.07) is 5.80. The van der Waals surface area contributed by atoms with Crippen LogP contribution in [0.1, 0.15) is 32.8 Å². The first kappa shape index (κ1) is 16.7. The Hall–Kier alpha value is -1.36. The molecule has 0 fully saturated rings. The molecule has 0 aliphatic carbocycles. The number of hydrogen-bond donors (Lipinski definition) is 1. The van der Waals surface area contributed by atoms with Crippen molar-refractivity contribution in [2.24, 2.45) is 0 Å². The summed E-state index contributed by atoms with van der Waals surface area (Å²) >= 11 is 3.44. The lowest BCUT2D eigenvalue weighted by atomic mass is 10.2. The van der Waals surface area contributed by atoms with Crippen LogP contribution in [0.15, 0.2) is 22.7 Å². The van der Waals surface area contributed by atoms with Crippen LogP contribution in [-0.4, -0.2) is 24.4 Å². The van der Waals surface area contributed by atoms with E-state index in [-0.39, 0.29) is 24.4 Å². The summed E-state index contributed by atoms with van der Waals surface area (Å²) < 4.78 is 0.809. The first-order chi connectivity index (χ1) is 9.35. The normalized spacial score (nSPS) is 11.8. The van der Waals surface area contributed by atoms with Crippen LogP contribution in [0.3, 0.4) is 0 Å². The van der Waals surface area contributed by atoms with E-state index in [0.717, 1.165) is 16.5 Å². The van der Waals surface area contributed by atoms with Gasteiger partial charge in [-0.1, -0.05) is 13.0 Å². The SMILES string of the molecule is CCC(C)NC(=O)CN(C(C)=O)c1ccc(C)cc1Br. The van der Waals surface area contributed by atoms with E-state index >= 15 is 0 Å². The van der Waals surface area contributed by atoms with Gasteiger partial charge < -0.3 is 10.2 Å². The van der Waals surface area contributed by atoms with Crippen LogP contribution >= 0.6 is 15.9 Å². The highest BCUT2D eigenvalue weighted by Gasteiger charge is 2.18. The van der Waals surface area contributed by atoms with Crippen LogP contribution in [-0.2, 0) is 9.59 Å². The highest BCUT2D eigenvalue weighted by molar-refractivity contribution is 9.10. The van der Waals surface area contributed by atoms with Gasteiger partial charge in [0.2, 0.25) is 11.8 Å². The molecule has 1 atom stereocenters. The number of nitrogens with zero attached hydrogens (tertiary/aromatic N) is 1. The van der Waals surface area contributed by atoms with Crippen LogP contribution in [0.2, 0.25) is 0 Å². The minimum atomic E-state index is -0.158. The van der Waals surface area contributed by atoms with E-state index in [4.69, 9.17) is 0 Å². The van der Waals surface area contributed by atoms with Crippen molar-refractivity contribution >= 4 is 33.4 Å². The summed E-state index contributed by atoms with van der Waals surface area (Å²) in [5.41, 5.74) is 1.80. The third kappa shape index (κ3) is 4.63. The first-order valence-electron chi connectivity index (χ1n) is 6.68. The van der Waals surface area contributed by atoms with Crippen molar-refractivity contribution in [2.45, 2.75) is 40.2 Å². The van der Waals surface area contributed by atoms with Gasteiger partial charge in [0, 0.05) is 17.4 Å². The Morgan fingerprint density at radius 2 is 2.05 bits per heavy atom. The van der Waals surface area contributed by atoms with Gasteiger partial charge in [-0.25, -0.2) is 0 Å². The number of carbonyl (C=O) groups excluding carboxylic acids is 2. The Morgan fingerprint density at radius 3 is 2.55 bits per heavy atom. The molecule has 0 saturated carbocycles. The molecule has 0 aliphatic rings. The molecule has 20 heavy (non-hydrogen) atoms. The van der Waals surface area contributed by atoms with Crippen LogP contribution in [0, 0.1) is 6.92 Å². The number of nitrogens with one attached hydrogen (secondary N) is 1. The summed E-state index contributed by atoms with van der Waals surface area (Å²) in [4.78, 5) is 25.2. The van der Waals surface area contributed by atoms with E-state index in [1.54, 1.807) is 0 Å². The Kier molecular flexibility index (Phi) is 6.20. The van der Waals surface area contributed by atoms with Gasteiger partial charge in [-0.05, 0) is 53.9 Å². The number of benzene rings is 1. The fourth-order valence-electron chi connectivity index (χ4n) is 1.76. The van der Waals surface area contributed by atoms with Crippen LogP contribution in [0.25, 0.3) is 0 Å². The molecule has 0 bridgehead atoms. The zero-order valence-electron chi connectivity index (χ0n) is 12.4. The molecular weight excluding hydrogens is 320 g/mol. The standard InChI is InChI=1S/C15H21BrN2O2/c1-5-11(3)17-15(20)9-18(12(4)19)14-7-6-10(2)8-13(14)16/h6-8,11H,5,9H2,1-4H3,(H,17,20). The number of aryl methyl sites for hydroxylation is 1. The second-order valence-corrected chi connectivity index (χ2v) is 5.79. The quantitative estimate of drug-likeness (QED) is 0.895. The van der Waals surface area contributed by atoms with Crippen LogP contribution < -0.4 is 10.2 Å². The second kappa shape index (κ2) is 7.43. The molecule has 1 aromatic carbocycles. The van der Waals surface area contributed by atoms with E-state index < -0.39 is 0 Å². The molecule has 1 rings (SSSR count). The van der Waals surface area contributed by atoms with Crippen molar-refractivity contribution in [2.75, 3.05) is 11.4 Å². The zero-order chi connectivity index (χ0) is 15.3. The van der Waals surface area contributed by atoms with Gasteiger partial charge in [0.25, 0.3) is 0 Å². The van der Waals surface area contributed by atoms with Crippen molar-refractivity contribution in [3.8, 4) is 0 Å². The molecule has 4 nitrogen and oxygen atoms in total. The fourth-order valence-corrected chi connectivity index (χ4v) is 2.47. The Labute approximate surface area is 128 Å². The van der Waals surface area contributed by atoms with E-state index in [1.165, 1.54) is 11.8 Å². The smallest absolute Gasteiger partial charge is 0.240 e. The minimum Gasteiger partial charge on any atom is -0.352 e. The number of hydrogen-bond acceptors (Lipinski definition) is 2. The number of halogens is 1. The van der Waals surface area contributed by atoms with Crippen molar-refractivity contribution in [3.63, 3.8) is 0 Å². The van der Waals surface area contributed by atoms with Gasteiger partial charge in [0.15, 0.2) is 0 Å². The molecule has 2 amide bonds. The summed E-state index contributed by atoms with van der Waals surface area (Å²) in [6.07, 6.45) is 0.861. The van der Waals surface area contributed by atoms with Crippen molar-refractivity contribution in [3.05, 3.63) is 28.2 Å². The van der Waals surface area contributed by atoms with Gasteiger partial charge in [0.05, 0.1) is 5.69 Å². The maximum absolute atomic E-state index is 12.0. The molecule has 1 N–H and O–H groups in total. The number of rotatable bonds is 5. The van der Waals surface area contributed by atoms with Crippen LogP contribution in [0.5, 0.6) is 0 Å². The highest BCUT2D eigenvalue weighted by atomic mass is 79.9. The van der Waals surface area contributed by atoms with Crippen molar-refractivity contribution < 1.29 is 9.59 Å². The molecule has 1 aromatic rings. The second-order valence-electron chi connectivity index (χ2n) is 4.94. The monoisotopic (exact) mass is 340 g/mol. The Bertz CT molecular complexity index is 503. The Balaban J connectivity index is 2.90. The molecule has 0 aromatic heterocycles. The average molecular weight is 341 g/mol. The fraction of sp³-hybridized carbons (Fsp3) is 0.467. The molecule has 0 spiro atoms. The molecular formula is C15H21BrN2O2. The third-order valence-electron chi connectivity index (χ3n) is 3.10. The van der Waals surface area contributed by atoms with Gasteiger partial charge in [-0.2, -0.15) is 0 Å². The predicted octanol–water partition coefficient (Wildman–Crippen LogP) is 3.03. The third-order valence-corrected chi connectivity index (χ3v) is 3.73. The van der Waals surface area contributed by atoms with Crippen molar-refractivity contribution in [1.82, 2.24) is 5.32 Å². The van der Waals surface area contributed by atoms with Crippen LogP contribution in [0.4, 0.5) is 5.69 Å². The maximum Gasteiger partial charge on any atom is 0.240 e. The number of carbonyl (C=O) groups is 2. The molecule has 0 heterocycles. The average Bonchev–Trinajstić information content (AvgIpc) is 2.36. The van der Waals surface area contributed by atoms with Gasteiger partial charge in [0.1, 0.15) is 6.54 Å². The summed E-state index contributed by atoms with van der Waals surface area (Å²) in [5.74, 6) is -0.309. The van der Waals surface area contributed by atoms with E-state index in [9.17, 15) is 9.59 Å². The predicted molar refractivity (Wildman–Crippen MR) is 84.8 cm³/mol. The molecule has 0 aliphatic heterocycles. The van der Waals surface area contributed by atoms with E-state index in [1.807, 2.05) is 39.0 Å². The highest BCUT2D eigenvalue weighted by Crippen LogP contribution is 2.27. The summed E-state index contributed by atoms with van der Waals surface area (Å²) in [6.45, 7) is 7.41. The molecule has 1 unspecified atom stereocenters. The Morgan fingerprint density at radius 1 is 1.40 bits per heavy atom. The first-order valence-corrected chi connectivity index (χ1v) is 7.48. The largest absolute Gasteiger partial charge is 0.352 e. The lowest BCUT2D eigenvalue weighted by Crippen LogP contribution is -2.42. The minimum absolute atomic E-state index is 0.0291. The molecule has 0 saturated heterocycles. The van der Waals surface area contributed by atoms with Gasteiger partial charge in [-0.15, -0.1) is 0 Å². The van der Waals surface area contributed by atoms with Crippen molar-refractivity contribution in [1.29, 1.82) is 0 Å². The van der Waals surface area contributed by atoms with Gasteiger partial charge >= 0.3 is 0 Å².